The molecule has 0 spiro atoms. The van der Waals surface area contributed by atoms with E-state index in [1.54, 1.807) is 18.1 Å². The average Bonchev–Trinajstić information content (AvgIpc) is 2.93. The Kier molecular flexibility index (Phi) is 6.87. The summed E-state index contributed by atoms with van der Waals surface area (Å²) >= 11 is 0. The van der Waals surface area contributed by atoms with E-state index >= 15 is 0 Å². The number of methoxy groups -OCH3 is 1. The molecule has 1 heterocycles. The molecule has 0 bridgehead atoms. The van der Waals surface area contributed by atoms with Crippen LogP contribution in [0.4, 0.5) is 10.5 Å². The predicted molar refractivity (Wildman–Crippen MR) is 91.2 cm³/mol. The monoisotopic (exact) mass is 335 g/mol. The number of hydrogen-bond acceptors (Lipinski definition) is 4. The highest BCUT2D eigenvalue weighted by Crippen LogP contribution is 2.23. The first-order chi connectivity index (χ1) is 11.6. The van der Waals surface area contributed by atoms with Gasteiger partial charge in [-0.2, -0.15) is 0 Å². The average molecular weight is 335 g/mol. The van der Waals surface area contributed by atoms with Crippen molar-refractivity contribution in [2.45, 2.75) is 13.3 Å². The Hall–Kier alpha value is -2.28. The lowest BCUT2D eigenvalue weighted by molar-refractivity contribution is -0.128. The van der Waals surface area contributed by atoms with Gasteiger partial charge in [-0.05, 0) is 19.1 Å². The number of carbonyl (C=O) groups excluding carboxylic acids is 2. The van der Waals surface area contributed by atoms with Crippen molar-refractivity contribution in [2.24, 2.45) is 5.92 Å². The first-order valence-corrected chi connectivity index (χ1v) is 8.17. The fourth-order valence-electron chi connectivity index (χ4n) is 2.66. The zero-order chi connectivity index (χ0) is 17.4. The summed E-state index contributed by atoms with van der Waals surface area (Å²) in [5.74, 6) is 0.875. The molecule has 1 atom stereocenters. The summed E-state index contributed by atoms with van der Waals surface area (Å²) in [6.07, 6.45) is 0.458. The van der Waals surface area contributed by atoms with Gasteiger partial charge in [-0.3, -0.25) is 4.79 Å². The molecule has 1 aromatic carbocycles. The molecule has 1 aliphatic rings. The Bertz CT molecular complexity index is 565. The van der Waals surface area contributed by atoms with Crippen LogP contribution in [0, 0.1) is 5.92 Å². The number of amides is 3. The summed E-state index contributed by atoms with van der Waals surface area (Å²) in [7, 11) is 1.62. The standard InChI is InChI=1S/C17H25N3O4/c1-3-24-15-7-5-4-6-14(15)19-17(22)18-11-13-10-16(21)20(12-13)8-9-23-2/h4-7,13H,3,8-12H2,1-2H3,(H2,18,19,22). The van der Waals surface area contributed by atoms with Crippen molar-refractivity contribution in [1.82, 2.24) is 10.2 Å². The summed E-state index contributed by atoms with van der Waals surface area (Å²) in [4.78, 5) is 25.7. The summed E-state index contributed by atoms with van der Waals surface area (Å²) in [6, 6.07) is 6.98. The molecule has 0 aliphatic carbocycles. The van der Waals surface area contributed by atoms with Gasteiger partial charge in [0.25, 0.3) is 0 Å². The lowest BCUT2D eigenvalue weighted by Gasteiger charge is -2.16. The molecular weight excluding hydrogens is 310 g/mol. The molecule has 1 fully saturated rings. The summed E-state index contributed by atoms with van der Waals surface area (Å²) in [5, 5.41) is 5.61. The van der Waals surface area contributed by atoms with Crippen LogP contribution in [0.15, 0.2) is 24.3 Å². The molecular formula is C17H25N3O4. The number of hydrogen-bond donors (Lipinski definition) is 2. The second kappa shape index (κ2) is 9.12. The number of carbonyl (C=O) groups is 2. The molecule has 0 aromatic heterocycles. The van der Waals surface area contributed by atoms with E-state index in [2.05, 4.69) is 10.6 Å². The molecule has 1 saturated heterocycles. The highest BCUT2D eigenvalue weighted by atomic mass is 16.5. The van der Waals surface area contributed by atoms with Crippen LogP contribution >= 0.6 is 0 Å². The number of rotatable bonds is 8. The maximum Gasteiger partial charge on any atom is 0.319 e. The minimum atomic E-state index is -0.301. The van der Waals surface area contributed by atoms with E-state index in [0.717, 1.165) is 0 Å². The maximum atomic E-state index is 12.1. The van der Waals surface area contributed by atoms with Gasteiger partial charge in [-0.15, -0.1) is 0 Å². The molecule has 0 saturated carbocycles. The number of nitrogens with zero attached hydrogens (tertiary/aromatic N) is 1. The SMILES string of the molecule is CCOc1ccccc1NC(=O)NCC1CC(=O)N(CCOC)C1. The minimum absolute atomic E-state index is 0.112. The van der Waals surface area contributed by atoms with Gasteiger partial charge >= 0.3 is 6.03 Å². The van der Waals surface area contributed by atoms with Crippen LogP contribution in [0.1, 0.15) is 13.3 Å². The van der Waals surface area contributed by atoms with Crippen molar-refractivity contribution < 1.29 is 19.1 Å². The molecule has 24 heavy (non-hydrogen) atoms. The van der Waals surface area contributed by atoms with Crippen molar-refractivity contribution in [3.05, 3.63) is 24.3 Å². The van der Waals surface area contributed by atoms with E-state index < -0.39 is 0 Å². The lowest BCUT2D eigenvalue weighted by atomic mass is 10.1. The fourth-order valence-corrected chi connectivity index (χ4v) is 2.66. The van der Waals surface area contributed by atoms with Crippen LogP contribution in [0.25, 0.3) is 0 Å². The van der Waals surface area contributed by atoms with E-state index in [9.17, 15) is 9.59 Å². The van der Waals surface area contributed by atoms with Crippen LogP contribution in [-0.2, 0) is 9.53 Å². The van der Waals surface area contributed by atoms with Gasteiger partial charge in [0.2, 0.25) is 5.91 Å². The second-order valence-electron chi connectivity index (χ2n) is 5.67. The summed E-state index contributed by atoms with van der Waals surface area (Å²) in [5.41, 5.74) is 0.626. The molecule has 7 heteroatoms. The van der Waals surface area contributed by atoms with Gasteiger partial charge in [0, 0.05) is 39.1 Å². The Morgan fingerprint density at radius 2 is 2.17 bits per heavy atom. The summed E-state index contributed by atoms with van der Waals surface area (Å²) < 4.78 is 10.5. The number of nitrogens with one attached hydrogen (secondary N) is 2. The molecule has 1 aliphatic heterocycles. The molecule has 2 rings (SSSR count). The van der Waals surface area contributed by atoms with Crippen LogP contribution in [0.3, 0.4) is 0 Å². The predicted octanol–water partition coefficient (Wildman–Crippen LogP) is 1.70. The smallest absolute Gasteiger partial charge is 0.319 e. The van der Waals surface area contributed by atoms with Gasteiger partial charge < -0.3 is 25.0 Å². The van der Waals surface area contributed by atoms with E-state index in [4.69, 9.17) is 9.47 Å². The zero-order valence-electron chi connectivity index (χ0n) is 14.2. The Balaban J connectivity index is 1.79. The summed E-state index contributed by atoms with van der Waals surface area (Å²) in [6.45, 7) is 4.65. The van der Waals surface area contributed by atoms with Gasteiger partial charge in [-0.25, -0.2) is 4.79 Å². The number of benzene rings is 1. The Morgan fingerprint density at radius 1 is 1.38 bits per heavy atom. The van der Waals surface area contributed by atoms with Crippen LogP contribution in [-0.4, -0.2) is 56.8 Å². The maximum absolute atomic E-state index is 12.1. The number of para-hydroxylation sites is 2. The zero-order valence-corrected chi connectivity index (χ0v) is 14.2. The van der Waals surface area contributed by atoms with Crippen molar-refractivity contribution in [3.63, 3.8) is 0 Å². The van der Waals surface area contributed by atoms with Crippen LogP contribution in [0.2, 0.25) is 0 Å². The molecule has 0 radical (unpaired) electrons. The third kappa shape index (κ3) is 5.13. The molecule has 1 unspecified atom stereocenters. The van der Waals surface area contributed by atoms with Crippen molar-refractivity contribution >= 4 is 17.6 Å². The fraction of sp³-hybridized carbons (Fsp3) is 0.529. The van der Waals surface area contributed by atoms with E-state index in [-0.39, 0.29) is 17.9 Å². The number of ether oxygens (including phenoxy) is 2. The van der Waals surface area contributed by atoms with Crippen molar-refractivity contribution in [1.29, 1.82) is 0 Å². The molecule has 2 N–H and O–H groups in total. The first-order valence-electron chi connectivity index (χ1n) is 8.17. The normalized spacial score (nSPS) is 17.0. The molecule has 7 nitrogen and oxygen atoms in total. The second-order valence-corrected chi connectivity index (χ2v) is 5.67. The molecule has 3 amide bonds. The third-order valence-corrected chi connectivity index (χ3v) is 3.85. The third-order valence-electron chi connectivity index (χ3n) is 3.85. The number of likely N-dealkylation sites (tertiary alicyclic amines) is 1. The highest BCUT2D eigenvalue weighted by molar-refractivity contribution is 5.91. The van der Waals surface area contributed by atoms with E-state index in [1.165, 1.54) is 0 Å². The van der Waals surface area contributed by atoms with Crippen molar-refractivity contribution in [2.75, 3.05) is 45.3 Å². The van der Waals surface area contributed by atoms with Gasteiger partial charge in [-0.1, -0.05) is 12.1 Å². The van der Waals surface area contributed by atoms with Crippen LogP contribution < -0.4 is 15.4 Å². The van der Waals surface area contributed by atoms with Gasteiger partial charge in [0.15, 0.2) is 0 Å². The quantitative estimate of drug-likeness (QED) is 0.758. The van der Waals surface area contributed by atoms with E-state index in [1.807, 2.05) is 25.1 Å². The lowest BCUT2D eigenvalue weighted by Crippen LogP contribution is -2.34. The first kappa shape index (κ1) is 18.1. The molecule has 1 aromatic rings. The van der Waals surface area contributed by atoms with Crippen LogP contribution in [0.5, 0.6) is 5.75 Å². The Morgan fingerprint density at radius 3 is 2.92 bits per heavy atom. The van der Waals surface area contributed by atoms with Crippen molar-refractivity contribution in [3.8, 4) is 5.75 Å². The largest absolute Gasteiger partial charge is 0.492 e. The van der Waals surface area contributed by atoms with Gasteiger partial charge in [0.1, 0.15) is 5.75 Å². The number of anilines is 1. The molecule has 132 valence electrons. The minimum Gasteiger partial charge on any atom is -0.492 e. The topological polar surface area (TPSA) is 79.9 Å². The van der Waals surface area contributed by atoms with E-state index in [0.29, 0.717) is 50.7 Å². The number of urea groups is 1. The highest BCUT2D eigenvalue weighted by Gasteiger charge is 2.29. The Labute approximate surface area is 142 Å². The van der Waals surface area contributed by atoms with Gasteiger partial charge in [0.05, 0.1) is 18.9 Å².